The summed E-state index contributed by atoms with van der Waals surface area (Å²) in [5.41, 5.74) is 7.33. The van der Waals surface area contributed by atoms with Crippen LogP contribution in [-0.4, -0.2) is 50.8 Å². The first-order valence-electron chi connectivity index (χ1n) is 9.20. The molecule has 4 N–H and O–H groups in total. The Kier molecular flexibility index (Phi) is 4.87. The minimum Gasteiger partial charge on any atom is -0.443 e. The summed E-state index contributed by atoms with van der Waals surface area (Å²) < 4.78 is 5.46. The molecule has 1 atom stereocenters. The average molecular weight is 393 g/mol. The quantitative estimate of drug-likeness (QED) is 0.595. The van der Waals surface area contributed by atoms with Gasteiger partial charge in [-0.1, -0.05) is 0 Å². The minimum atomic E-state index is -0.677. The zero-order chi connectivity index (χ0) is 20.4. The van der Waals surface area contributed by atoms with Crippen molar-refractivity contribution >= 4 is 28.5 Å². The monoisotopic (exact) mass is 393 g/mol. The molecule has 3 aromatic rings. The SMILES string of the molecule is N#CCC(=O)N1CCC[C@@H](Nc2c(-c3nc(C(N)=O)co3)cnc3[nH]ccc23)C1. The third kappa shape index (κ3) is 3.62. The van der Waals surface area contributed by atoms with E-state index >= 15 is 0 Å². The van der Waals surface area contributed by atoms with Gasteiger partial charge in [-0.15, -0.1) is 0 Å². The van der Waals surface area contributed by atoms with Crippen LogP contribution >= 0.6 is 0 Å². The molecular formula is C19H19N7O3. The molecule has 1 aliphatic heterocycles. The van der Waals surface area contributed by atoms with Crippen LogP contribution in [0.5, 0.6) is 0 Å². The molecule has 3 aromatic heterocycles. The van der Waals surface area contributed by atoms with E-state index in [1.165, 1.54) is 6.26 Å². The number of primary amides is 1. The molecule has 10 nitrogen and oxygen atoms in total. The summed E-state index contributed by atoms with van der Waals surface area (Å²) >= 11 is 0. The van der Waals surface area contributed by atoms with Gasteiger partial charge in [0.25, 0.3) is 5.91 Å². The molecular weight excluding hydrogens is 374 g/mol. The standard InChI is InChI=1S/C19H19N7O3/c20-5-3-15(27)26-7-1-2-11(9-26)24-16-12-4-6-22-18(12)23-8-13(16)19-25-14(10-29-19)17(21)28/h4,6,8,10-11H,1-3,7,9H2,(H2,21,28)(H2,22,23,24)/t11-/m1/s1. The highest BCUT2D eigenvalue weighted by Crippen LogP contribution is 2.34. The lowest BCUT2D eigenvalue weighted by atomic mass is 10.0. The Morgan fingerprint density at radius 2 is 2.34 bits per heavy atom. The first-order chi connectivity index (χ1) is 14.1. The summed E-state index contributed by atoms with van der Waals surface area (Å²) in [6.07, 6.45) is 6.17. The Bertz CT molecular complexity index is 1110. The first kappa shape index (κ1) is 18.5. The number of hydrogen-bond donors (Lipinski definition) is 3. The van der Waals surface area contributed by atoms with Crippen LogP contribution in [-0.2, 0) is 4.79 Å². The van der Waals surface area contributed by atoms with Crippen LogP contribution < -0.4 is 11.1 Å². The number of nitrogens with one attached hydrogen (secondary N) is 2. The molecule has 4 rings (SSSR count). The average Bonchev–Trinajstić information content (AvgIpc) is 3.38. The molecule has 0 saturated carbocycles. The maximum absolute atomic E-state index is 12.1. The van der Waals surface area contributed by atoms with Gasteiger partial charge in [-0.25, -0.2) is 9.97 Å². The molecule has 0 radical (unpaired) electrons. The van der Waals surface area contributed by atoms with Crippen molar-refractivity contribution in [1.29, 1.82) is 5.26 Å². The maximum atomic E-state index is 12.1. The highest BCUT2D eigenvalue weighted by molar-refractivity contribution is 5.97. The largest absolute Gasteiger partial charge is 0.443 e. The smallest absolute Gasteiger partial charge is 0.270 e. The molecule has 0 bridgehead atoms. The third-order valence-corrected chi connectivity index (χ3v) is 4.93. The fraction of sp³-hybridized carbons (Fsp3) is 0.316. The molecule has 0 spiro atoms. The van der Waals surface area contributed by atoms with Crippen LogP contribution in [0.15, 0.2) is 29.1 Å². The van der Waals surface area contributed by atoms with Gasteiger partial charge in [0, 0.05) is 36.9 Å². The first-order valence-corrected chi connectivity index (χ1v) is 9.20. The Morgan fingerprint density at radius 3 is 3.10 bits per heavy atom. The Balaban J connectivity index is 1.67. The van der Waals surface area contributed by atoms with Gasteiger partial charge in [-0.05, 0) is 18.9 Å². The van der Waals surface area contributed by atoms with E-state index in [-0.39, 0.29) is 30.0 Å². The summed E-state index contributed by atoms with van der Waals surface area (Å²) in [5, 5.41) is 13.1. The molecule has 0 aliphatic carbocycles. The van der Waals surface area contributed by atoms with E-state index in [0.29, 0.717) is 24.3 Å². The van der Waals surface area contributed by atoms with Gasteiger partial charge in [0.05, 0.1) is 17.3 Å². The van der Waals surface area contributed by atoms with E-state index in [2.05, 4.69) is 20.3 Å². The highest BCUT2D eigenvalue weighted by Gasteiger charge is 2.26. The number of carbonyl (C=O) groups excluding carboxylic acids is 2. The number of nitrogens with zero attached hydrogens (tertiary/aromatic N) is 4. The van der Waals surface area contributed by atoms with Gasteiger partial charge in [-0.2, -0.15) is 5.26 Å². The van der Waals surface area contributed by atoms with E-state index in [0.717, 1.165) is 23.9 Å². The van der Waals surface area contributed by atoms with E-state index < -0.39 is 5.91 Å². The summed E-state index contributed by atoms with van der Waals surface area (Å²) in [6.45, 7) is 1.13. The third-order valence-electron chi connectivity index (χ3n) is 4.93. The van der Waals surface area contributed by atoms with Crippen LogP contribution in [0.3, 0.4) is 0 Å². The second-order valence-electron chi connectivity index (χ2n) is 6.85. The molecule has 29 heavy (non-hydrogen) atoms. The molecule has 148 valence electrons. The number of fused-ring (bicyclic) bond motifs is 1. The predicted molar refractivity (Wildman–Crippen MR) is 104 cm³/mol. The molecule has 0 unspecified atom stereocenters. The number of piperidine rings is 1. The number of H-pyrrole nitrogens is 1. The number of aromatic amines is 1. The Labute approximate surface area is 165 Å². The van der Waals surface area contributed by atoms with Crippen molar-refractivity contribution in [3.8, 4) is 17.5 Å². The second-order valence-corrected chi connectivity index (χ2v) is 6.85. The fourth-order valence-electron chi connectivity index (χ4n) is 3.54. The van der Waals surface area contributed by atoms with Gasteiger partial charge >= 0.3 is 0 Å². The number of nitriles is 1. The Hall–Kier alpha value is -3.87. The van der Waals surface area contributed by atoms with E-state index in [1.807, 2.05) is 12.1 Å². The summed E-state index contributed by atoms with van der Waals surface area (Å²) in [4.78, 5) is 36.8. The van der Waals surface area contributed by atoms with Crippen LogP contribution in [0.1, 0.15) is 29.8 Å². The van der Waals surface area contributed by atoms with E-state index in [1.54, 1.807) is 17.3 Å². The summed E-state index contributed by atoms with van der Waals surface area (Å²) in [7, 11) is 0. The zero-order valence-electron chi connectivity index (χ0n) is 15.5. The van der Waals surface area contributed by atoms with Crippen molar-refractivity contribution < 1.29 is 14.0 Å². The molecule has 10 heteroatoms. The van der Waals surface area contributed by atoms with Crippen LogP contribution in [0.25, 0.3) is 22.5 Å². The predicted octanol–water partition coefficient (Wildman–Crippen LogP) is 1.63. The van der Waals surface area contributed by atoms with Gasteiger partial charge in [-0.3, -0.25) is 9.59 Å². The minimum absolute atomic E-state index is 0.0174. The Morgan fingerprint density at radius 1 is 1.48 bits per heavy atom. The lowest BCUT2D eigenvalue weighted by molar-refractivity contribution is -0.131. The van der Waals surface area contributed by atoms with Crippen molar-refractivity contribution in [3.63, 3.8) is 0 Å². The zero-order valence-corrected chi connectivity index (χ0v) is 15.5. The van der Waals surface area contributed by atoms with Crippen molar-refractivity contribution in [1.82, 2.24) is 19.9 Å². The van der Waals surface area contributed by atoms with Gasteiger partial charge < -0.3 is 25.4 Å². The number of likely N-dealkylation sites (tertiary alicyclic amines) is 1. The molecule has 1 fully saturated rings. The number of amides is 2. The summed E-state index contributed by atoms with van der Waals surface area (Å²) in [5.74, 6) is -0.617. The number of aromatic nitrogens is 3. The second kappa shape index (κ2) is 7.63. The highest BCUT2D eigenvalue weighted by atomic mass is 16.3. The molecule has 1 saturated heterocycles. The number of nitrogens with two attached hydrogens (primary N) is 1. The van der Waals surface area contributed by atoms with Crippen LogP contribution in [0.2, 0.25) is 0 Å². The van der Waals surface area contributed by atoms with Crippen molar-refractivity contribution in [2.45, 2.75) is 25.3 Å². The molecule has 0 aromatic carbocycles. The fourth-order valence-corrected chi connectivity index (χ4v) is 3.54. The van der Waals surface area contributed by atoms with Crippen LogP contribution in [0.4, 0.5) is 5.69 Å². The molecule has 1 aliphatic rings. The number of pyridine rings is 1. The van der Waals surface area contributed by atoms with E-state index in [4.69, 9.17) is 15.4 Å². The molecule has 2 amide bonds. The van der Waals surface area contributed by atoms with Crippen LogP contribution in [0, 0.1) is 11.3 Å². The summed E-state index contributed by atoms with van der Waals surface area (Å²) in [6, 6.07) is 3.77. The van der Waals surface area contributed by atoms with E-state index in [9.17, 15) is 9.59 Å². The number of rotatable bonds is 5. The molecule has 4 heterocycles. The maximum Gasteiger partial charge on any atom is 0.270 e. The topological polar surface area (TPSA) is 154 Å². The number of anilines is 1. The number of hydrogen-bond acceptors (Lipinski definition) is 7. The van der Waals surface area contributed by atoms with Crippen molar-refractivity contribution in [3.05, 3.63) is 30.4 Å². The van der Waals surface area contributed by atoms with Crippen molar-refractivity contribution in [2.75, 3.05) is 18.4 Å². The lowest BCUT2D eigenvalue weighted by Gasteiger charge is -2.33. The number of carbonyl (C=O) groups is 2. The van der Waals surface area contributed by atoms with Gasteiger partial charge in [0.2, 0.25) is 11.8 Å². The normalized spacial score (nSPS) is 16.5. The van der Waals surface area contributed by atoms with Gasteiger partial charge in [0.15, 0.2) is 5.69 Å². The number of oxazole rings is 1. The van der Waals surface area contributed by atoms with Crippen molar-refractivity contribution in [2.24, 2.45) is 5.73 Å². The lowest BCUT2D eigenvalue weighted by Crippen LogP contribution is -2.45. The van der Waals surface area contributed by atoms with Gasteiger partial charge in [0.1, 0.15) is 18.3 Å².